The first-order valence-electron chi connectivity index (χ1n) is 14.9. The number of benzene rings is 1. The molecule has 5 rings (SSSR count). The Balaban J connectivity index is 1.25. The van der Waals surface area contributed by atoms with Gasteiger partial charge in [0.2, 0.25) is 11.8 Å². The molecule has 2 aromatic rings. The Morgan fingerprint density at radius 2 is 1.82 bits per heavy atom. The lowest BCUT2D eigenvalue weighted by atomic mass is 9.57. The number of nitrogens with one attached hydrogen (secondary N) is 3. The number of aromatic nitrogens is 1. The fourth-order valence-corrected chi connectivity index (χ4v) is 8.20. The highest BCUT2D eigenvalue weighted by Gasteiger charge is 2.61. The normalized spacial score (nSPS) is 31.2. The van der Waals surface area contributed by atoms with Crippen LogP contribution in [0.4, 0.5) is 0 Å². The maximum atomic E-state index is 13.4. The summed E-state index contributed by atoms with van der Waals surface area (Å²) in [6, 6.07) is 8.32. The molecule has 0 bridgehead atoms. The topological polar surface area (TPSA) is 94.2 Å². The van der Waals surface area contributed by atoms with Crippen LogP contribution in [-0.4, -0.2) is 40.1 Å². The molecule has 2 amide bonds. The zero-order valence-electron chi connectivity index (χ0n) is 23.6. The number of aliphatic hydroxyl groups is 1. The number of para-hydroxylation sites is 1. The molecule has 0 spiro atoms. The van der Waals surface area contributed by atoms with E-state index in [1.807, 2.05) is 25.3 Å². The summed E-state index contributed by atoms with van der Waals surface area (Å²) in [6.07, 6.45) is 12.8. The molecule has 208 valence electrons. The van der Waals surface area contributed by atoms with E-state index in [-0.39, 0.29) is 40.5 Å². The van der Waals surface area contributed by atoms with Crippen LogP contribution in [-0.2, 0) is 16.0 Å². The highest BCUT2D eigenvalue weighted by atomic mass is 16.3. The predicted molar refractivity (Wildman–Crippen MR) is 152 cm³/mol. The average molecular weight is 522 g/mol. The molecule has 0 aliphatic heterocycles. The third kappa shape index (κ3) is 5.52. The van der Waals surface area contributed by atoms with Gasteiger partial charge in [0.15, 0.2) is 0 Å². The minimum Gasteiger partial charge on any atom is -0.390 e. The molecule has 1 aromatic heterocycles. The Morgan fingerprint density at radius 3 is 2.61 bits per heavy atom. The first-order chi connectivity index (χ1) is 18.1. The first-order valence-corrected chi connectivity index (χ1v) is 14.9. The molecule has 4 N–H and O–H groups in total. The average Bonchev–Trinajstić information content (AvgIpc) is 3.39. The van der Waals surface area contributed by atoms with Crippen LogP contribution in [0.15, 0.2) is 30.5 Å². The maximum absolute atomic E-state index is 13.4. The number of H-pyrrole nitrogens is 1. The van der Waals surface area contributed by atoms with Crippen molar-refractivity contribution in [1.29, 1.82) is 0 Å². The predicted octanol–water partition coefficient (Wildman–Crippen LogP) is 5.64. The Bertz CT molecular complexity index is 1150. The van der Waals surface area contributed by atoms with Crippen molar-refractivity contribution in [1.82, 2.24) is 15.6 Å². The Labute approximate surface area is 227 Å². The van der Waals surface area contributed by atoms with E-state index in [2.05, 4.69) is 41.6 Å². The van der Waals surface area contributed by atoms with E-state index in [4.69, 9.17) is 0 Å². The van der Waals surface area contributed by atoms with Crippen LogP contribution in [0.25, 0.3) is 10.9 Å². The lowest BCUT2D eigenvalue weighted by molar-refractivity contribution is -0.129. The number of fused-ring (bicyclic) bond motifs is 2. The summed E-state index contributed by atoms with van der Waals surface area (Å²) >= 11 is 0. The smallest absolute Gasteiger partial charge is 0.223 e. The van der Waals surface area contributed by atoms with Crippen LogP contribution in [0.3, 0.4) is 0 Å². The van der Waals surface area contributed by atoms with Crippen molar-refractivity contribution in [2.24, 2.45) is 22.7 Å². The molecular formula is C32H47N3O3. The monoisotopic (exact) mass is 521 g/mol. The van der Waals surface area contributed by atoms with Gasteiger partial charge in [-0.05, 0) is 86.7 Å². The van der Waals surface area contributed by atoms with Crippen LogP contribution >= 0.6 is 0 Å². The van der Waals surface area contributed by atoms with Crippen molar-refractivity contribution in [2.75, 3.05) is 6.54 Å². The minimum absolute atomic E-state index is 0.000731. The molecule has 0 saturated heterocycles. The molecule has 6 heteroatoms. The summed E-state index contributed by atoms with van der Waals surface area (Å²) in [4.78, 5) is 29.7. The van der Waals surface area contributed by atoms with E-state index < -0.39 is 5.60 Å². The van der Waals surface area contributed by atoms with Gasteiger partial charge in [-0.25, -0.2) is 0 Å². The molecule has 3 saturated carbocycles. The van der Waals surface area contributed by atoms with E-state index in [9.17, 15) is 14.7 Å². The van der Waals surface area contributed by atoms with Crippen LogP contribution in [0.5, 0.6) is 0 Å². The van der Waals surface area contributed by atoms with Crippen molar-refractivity contribution in [3.05, 3.63) is 36.0 Å². The van der Waals surface area contributed by atoms with Gasteiger partial charge in [-0.3, -0.25) is 9.59 Å². The van der Waals surface area contributed by atoms with Gasteiger partial charge in [-0.15, -0.1) is 0 Å². The van der Waals surface area contributed by atoms with Gasteiger partial charge < -0.3 is 20.7 Å². The number of rotatable bonds is 8. The van der Waals surface area contributed by atoms with Crippen LogP contribution in [0.1, 0.15) is 97.0 Å². The Morgan fingerprint density at radius 1 is 1.05 bits per heavy atom. The van der Waals surface area contributed by atoms with Crippen molar-refractivity contribution in [2.45, 2.75) is 109 Å². The number of hydrogen-bond acceptors (Lipinski definition) is 3. The number of amides is 2. The third-order valence-corrected chi connectivity index (χ3v) is 10.3. The van der Waals surface area contributed by atoms with Gasteiger partial charge in [0, 0.05) is 42.0 Å². The molecule has 0 radical (unpaired) electrons. The highest BCUT2D eigenvalue weighted by Crippen LogP contribution is 2.64. The van der Waals surface area contributed by atoms with E-state index in [1.54, 1.807) is 0 Å². The number of aromatic amines is 1. The van der Waals surface area contributed by atoms with Crippen molar-refractivity contribution in [3.8, 4) is 0 Å². The van der Waals surface area contributed by atoms with Gasteiger partial charge in [-0.2, -0.15) is 0 Å². The number of carbonyl (C=O) groups excluding carboxylic acids is 2. The highest BCUT2D eigenvalue weighted by molar-refractivity contribution is 5.83. The number of hydrogen-bond donors (Lipinski definition) is 4. The molecule has 1 aromatic carbocycles. The van der Waals surface area contributed by atoms with Crippen LogP contribution in [0, 0.1) is 22.7 Å². The maximum Gasteiger partial charge on any atom is 0.223 e. The summed E-state index contributed by atoms with van der Waals surface area (Å²) in [6.45, 7) is 7.15. The zero-order chi connectivity index (χ0) is 27.0. The summed E-state index contributed by atoms with van der Waals surface area (Å²) in [7, 11) is 0. The second-order valence-corrected chi connectivity index (χ2v) is 13.5. The van der Waals surface area contributed by atoms with Crippen molar-refractivity contribution >= 4 is 22.7 Å². The molecule has 3 fully saturated rings. The van der Waals surface area contributed by atoms with Gasteiger partial charge in [-0.1, -0.05) is 51.3 Å². The molecule has 4 atom stereocenters. The first kappa shape index (κ1) is 27.2. The molecule has 6 nitrogen and oxygen atoms in total. The molecule has 3 aliphatic carbocycles. The molecule has 0 unspecified atom stereocenters. The third-order valence-electron chi connectivity index (χ3n) is 10.3. The zero-order valence-corrected chi connectivity index (χ0v) is 23.6. The largest absolute Gasteiger partial charge is 0.390 e. The molecular weight excluding hydrogens is 474 g/mol. The van der Waals surface area contributed by atoms with Gasteiger partial charge >= 0.3 is 0 Å². The lowest BCUT2D eigenvalue weighted by Crippen LogP contribution is -2.53. The fourth-order valence-electron chi connectivity index (χ4n) is 8.20. The molecule has 3 aliphatic rings. The van der Waals surface area contributed by atoms with Crippen LogP contribution in [0.2, 0.25) is 0 Å². The summed E-state index contributed by atoms with van der Waals surface area (Å²) < 4.78 is 0. The van der Waals surface area contributed by atoms with E-state index >= 15 is 0 Å². The van der Waals surface area contributed by atoms with E-state index in [0.717, 1.165) is 69.7 Å². The van der Waals surface area contributed by atoms with Crippen molar-refractivity contribution in [3.63, 3.8) is 0 Å². The van der Waals surface area contributed by atoms with Crippen LogP contribution < -0.4 is 10.6 Å². The quantitative estimate of drug-likeness (QED) is 0.362. The molecule has 38 heavy (non-hydrogen) atoms. The summed E-state index contributed by atoms with van der Waals surface area (Å²) in [5, 5.41) is 18.9. The van der Waals surface area contributed by atoms with Gasteiger partial charge in [0.1, 0.15) is 0 Å². The lowest BCUT2D eigenvalue weighted by Gasteiger charge is -2.51. The van der Waals surface area contributed by atoms with Gasteiger partial charge in [0.25, 0.3) is 0 Å². The second-order valence-electron chi connectivity index (χ2n) is 13.5. The Kier molecular flexibility index (Phi) is 7.65. The summed E-state index contributed by atoms with van der Waals surface area (Å²) in [5.41, 5.74) is 1.51. The standard InChI is InChI=1S/C32H47N3O3/c1-30(2)20-27(35-29(37)22-9-5-4-6-10-22)32(17-16-31(3,38)19-26(30)32)15-13-28(36)33-18-14-23-21-34-25-12-8-7-11-24(23)25/h7-8,11-12,21-22,26-27,34,38H,4-6,9-10,13-20H2,1-3H3,(H,33,36)(H,35,37)/t26-,27-,31-,32-/m0/s1. The number of carbonyl (C=O) groups is 2. The SMILES string of the molecule is CC1(C)C[C@H](NC(=O)C2CCCCC2)[C@@]2(CCC(=O)NCCc3c[nH]c4ccccc34)CC[C@](C)(O)C[C@@H]12. The Hall–Kier alpha value is -2.34. The molecule has 1 heterocycles. The van der Waals surface area contributed by atoms with E-state index in [1.165, 1.54) is 17.4 Å². The fraction of sp³-hybridized carbons (Fsp3) is 0.688. The second kappa shape index (κ2) is 10.7. The van der Waals surface area contributed by atoms with Crippen molar-refractivity contribution < 1.29 is 14.7 Å². The minimum atomic E-state index is -0.685. The van der Waals surface area contributed by atoms with E-state index in [0.29, 0.717) is 13.0 Å². The summed E-state index contributed by atoms with van der Waals surface area (Å²) in [5.74, 6) is 0.695. The van der Waals surface area contributed by atoms with Gasteiger partial charge in [0.05, 0.1) is 5.60 Å².